The molecule has 8 heteroatoms. The molecule has 1 aliphatic rings. The monoisotopic (exact) mass is 498 g/mol. The van der Waals surface area contributed by atoms with Crippen LogP contribution in [0.2, 0.25) is 0 Å². The number of fused-ring (bicyclic) bond motifs is 2. The van der Waals surface area contributed by atoms with Crippen LogP contribution in [0, 0.1) is 7.14 Å². The second-order valence-corrected chi connectivity index (χ2v) is 11.1. The van der Waals surface area contributed by atoms with Crippen LogP contribution < -0.4 is 21.2 Å². The van der Waals surface area contributed by atoms with Crippen LogP contribution in [0.4, 0.5) is 13.2 Å². The first-order valence-corrected chi connectivity index (χ1v) is 11.2. The molecule has 0 aliphatic carbocycles. The molecule has 1 heterocycles. The summed E-state index contributed by atoms with van der Waals surface area (Å²) in [6.45, 7) is 6.89. The lowest BCUT2D eigenvalue weighted by atomic mass is 9.86. The van der Waals surface area contributed by atoms with Gasteiger partial charge in [-0.3, -0.25) is 0 Å². The summed E-state index contributed by atoms with van der Waals surface area (Å²) >= 11 is 0.0102. The van der Waals surface area contributed by atoms with E-state index in [-0.39, 0.29) is 26.6 Å². The Morgan fingerprint density at radius 1 is 0.962 bits per heavy atom. The van der Waals surface area contributed by atoms with Crippen molar-refractivity contribution in [1.29, 1.82) is 0 Å². The van der Waals surface area contributed by atoms with Crippen LogP contribution in [0.15, 0.2) is 42.5 Å². The second kappa shape index (κ2) is 7.47. The van der Waals surface area contributed by atoms with Gasteiger partial charge in [-0.25, -0.2) is 8.42 Å². The third-order valence-electron chi connectivity index (χ3n) is 3.74. The van der Waals surface area contributed by atoms with Gasteiger partial charge in [0.05, 0.1) is 0 Å². The van der Waals surface area contributed by atoms with Gasteiger partial charge in [-0.2, -0.15) is 13.2 Å². The molecule has 0 N–H and O–H groups in total. The Morgan fingerprint density at radius 3 is 2.04 bits per heavy atom. The van der Waals surface area contributed by atoms with Crippen molar-refractivity contribution < 1.29 is 47.3 Å². The summed E-state index contributed by atoms with van der Waals surface area (Å²) in [6.07, 6.45) is 1.12. The van der Waals surface area contributed by atoms with Crippen molar-refractivity contribution in [2.45, 2.75) is 38.1 Å². The fourth-order valence-corrected chi connectivity index (χ4v) is 5.23. The standard InChI is InChI=1S/C17H18I.CHF3O3S/c1-17(2,3)14-9-8-13-10-12-6-4-5-7-15(12)18-16(13)11-14;2-1(3,4)8(5,6)7/h4-9,11H,10H2,1-3H3;(H,5,6,7)/q+1;/p-1. The highest BCUT2D eigenvalue weighted by Gasteiger charge is 2.37. The lowest BCUT2D eigenvalue weighted by Gasteiger charge is -2.20. The molecule has 26 heavy (non-hydrogen) atoms. The highest BCUT2D eigenvalue weighted by molar-refractivity contribution is 7.86. The van der Waals surface area contributed by atoms with Gasteiger partial charge in [0.15, 0.2) is 17.3 Å². The average molecular weight is 498 g/mol. The van der Waals surface area contributed by atoms with E-state index >= 15 is 0 Å². The Labute approximate surface area is 161 Å². The van der Waals surface area contributed by atoms with Crippen molar-refractivity contribution in [1.82, 2.24) is 0 Å². The maximum absolute atomic E-state index is 10.7. The average Bonchev–Trinajstić information content (AvgIpc) is 2.50. The second-order valence-electron chi connectivity index (χ2n) is 6.82. The van der Waals surface area contributed by atoms with E-state index in [4.69, 9.17) is 13.0 Å². The van der Waals surface area contributed by atoms with E-state index in [0.717, 1.165) is 6.42 Å². The molecule has 0 radical (unpaired) electrons. The van der Waals surface area contributed by atoms with Gasteiger partial charge >= 0.3 is 26.7 Å². The normalized spacial score (nSPS) is 14.0. The van der Waals surface area contributed by atoms with Crippen LogP contribution in [0.25, 0.3) is 0 Å². The Kier molecular flexibility index (Phi) is 6.09. The quantitative estimate of drug-likeness (QED) is 0.265. The van der Waals surface area contributed by atoms with E-state index in [9.17, 15) is 13.2 Å². The lowest BCUT2D eigenvalue weighted by molar-refractivity contribution is -0.601. The summed E-state index contributed by atoms with van der Waals surface area (Å²) in [4.78, 5) is 0. The highest BCUT2D eigenvalue weighted by atomic mass is 127. The maximum atomic E-state index is 10.7. The zero-order chi connectivity index (χ0) is 19.8. The predicted molar refractivity (Wildman–Crippen MR) is 87.5 cm³/mol. The molecule has 0 aromatic heterocycles. The third-order valence-corrected chi connectivity index (χ3v) is 7.53. The van der Waals surface area contributed by atoms with Gasteiger partial charge in [0, 0.05) is 17.5 Å². The first kappa shape index (κ1) is 21.2. The van der Waals surface area contributed by atoms with E-state index in [1.54, 1.807) is 18.3 Å². The molecule has 3 rings (SSSR count). The molecule has 2 aromatic carbocycles. The molecule has 0 saturated carbocycles. The summed E-state index contributed by atoms with van der Waals surface area (Å²) in [6, 6.07) is 16.1. The summed E-state index contributed by atoms with van der Waals surface area (Å²) < 4.78 is 62.1. The van der Waals surface area contributed by atoms with Crippen LogP contribution in [-0.2, 0) is 22.0 Å². The maximum Gasteiger partial charge on any atom is 0.485 e. The van der Waals surface area contributed by atoms with Gasteiger partial charge in [0.2, 0.25) is 0 Å². The SMILES string of the molecule is CC(C)(C)c1ccc2c(c1)[I+]c1ccccc1C2.O=S(=O)([O-])C(F)(F)F. The van der Waals surface area contributed by atoms with Gasteiger partial charge in [0.25, 0.3) is 0 Å². The van der Waals surface area contributed by atoms with Crippen molar-refractivity contribution in [3.63, 3.8) is 0 Å². The minimum Gasteiger partial charge on any atom is -0.741 e. The number of hydrogen-bond donors (Lipinski definition) is 0. The highest BCUT2D eigenvalue weighted by Crippen LogP contribution is 2.24. The van der Waals surface area contributed by atoms with Crippen LogP contribution in [0.5, 0.6) is 0 Å². The van der Waals surface area contributed by atoms with Crippen molar-refractivity contribution in [2.75, 3.05) is 0 Å². The molecular formula is C18H18F3IO3S. The molecule has 1 aliphatic heterocycles. The molecule has 0 spiro atoms. The van der Waals surface area contributed by atoms with E-state index in [2.05, 4.69) is 63.2 Å². The molecule has 142 valence electrons. The van der Waals surface area contributed by atoms with Crippen molar-refractivity contribution in [3.05, 3.63) is 66.3 Å². The fraction of sp³-hybridized carbons (Fsp3) is 0.333. The minimum atomic E-state index is -6.09. The molecule has 0 unspecified atom stereocenters. The lowest BCUT2D eigenvalue weighted by Crippen LogP contribution is -3.62. The molecule has 2 aromatic rings. The molecule has 0 amide bonds. The number of rotatable bonds is 0. The minimum absolute atomic E-state index is 0.0102. The summed E-state index contributed by atoms with van der Waals surface area (Å²) in [7, 11) is -6.09. The molecule has 0 fully saturated rings. The topological polar surface area (TPSA) is 57.2 Å². The Morgan fingerprint density at radius 2 is 1.50 bits per heavy atom. The summed E-state index contributed by atoms with van der Waals surface area (Å²) in [5, 5.41) is 0. The van der Waals surface area contributed by atoms with Crippen molar-refractivity contribution in [2.24, 2.45) is 0 Å². The smallest absolute Gasteiger partial charge is 0.485 e. The van der Waals surface area contributed by atoms with E-state index in [0.29, 0.717) is 0 Å². The molecular weight excluding hydrogens is 480 g/mol. The molecule has 0 saturated heterocycles. The van der Waals surface area contributed by atoms with E-state index in [1.807, 2.05) is 0 Å². The molecule has 0 atom stereocenters. The fourth-order valence-electron chi connectivity index (χ4n) is 2.29. The van der Waals surface area contributed by atoms with Crippen LogP contribution in [-0.4, -0.2) is 18.5 Å². The summed E-state index contributed by atoms with van der Waals surface area (Å²) in [5.41, 5.74) is -0.820. The Balaban J connectivity index is 0.000000260. The zero-order valence-electron chi connectivity index (χ0n) is 14.4. The van der Waals surface area contributed by atoms with E-state index < -0.39 is 15.6 Å². The largest absolute Gasteiger partial charge is 0.741 e. The van der Waals surface area contributed by atoms with Gasteiger partial charge in [0.1, 0.15) is 0 Å². The van der Waals surface area contributed by atoms with Crippen LogP contribution >= 0.6 is 0 Å². The van der Waals surface area contributed by atoms with Crippen LogP contribution in [0.1, 0.15) is 37.5 Å². The van der Waals surface area contributed by atoms with Crippen LogP contribution in [0.3, 0.4) is 0 Å². The van der Waals surface area contributed by atoms with Gasteiger partial charge < -0.3 is 4.55 Å². The third kappa shape index (κ3) is 5.20. The number of benzene rings is 2. The first-order valence-electron chi connectivity index (χ1n) is 7.67. The Bertz CT molecular complexity index is 901. The first-order chi connectivity index (χ1) is 11.8. The predicted octanol–water partition coefficient (Wildman–Crippen LogP) is 1.07. The molecule has 0 bridgehead atoms. The number of halogens is 4. The van der Waals surface area contributed by atoms with Gasteiger partial charge in [-0.15, -0.1) is 0 Å². The molecule has 3 nitrogen and oxygen atoms in total. The van der Waals surface area contributed by atoms with Gasteiger partial charge in [-0.05, 0) is 23.1 Å². The van der Waals surface area contributed by atoms with Gasteiger partial charge in [-0.1, -0.05) is 51.1 Å². The zero-order valence-corrected chi connectivity index (χ0v) is 17.4. The van der Waals surface area contributed by atoms with E-state index in [1.165, 1.54) is 5.56 Å². The summed E-state index contributed by atoms with van der Waals surface area (Å²) in [5.74, 6) is 0. The number of hydrogen-bond acceptors (Lipinski definition) is 3. The van der Waals surface area contributed by atoms with Crippen molar-refractivity contribution in [3.8, 4) is 0 Å². The Hall–Kier alpha value is -1.13. The van der Waals surface area contributed by atoms with Crippen molar-refractivity contribution >= 4 is 10.1 Å². The number of alkyl halides is 3.